The number of hydrogen-bond acceptors (Lipinski definition) is 4. The number of carbonyl (C=O) groups excluding carboxylic acids is 1. The van der Waals surface area contributed by atoms with Crippen LogP contribution in [0.3, 0.4) is 0 Å². The maximum atomic E-state index is 13.7. The molecule has 0 aliphatic rings. The highest BCUT2D eigenvalue weighted by atomic mass is 19.4. The first-order valence-electron chi connectivity index (χ1n) is 7.43. The van der Waals surface area contributed by atoms with E-state index in [4.69, 9.17) is 4.74 Å². The van der Waals surface area contributed by atoms with Crippen molar-refractivity contribution in [2.45, 2.75) is 12.7 Å². The zero-order chi connectivity index (χ0) is 19.3. The number of benzene rings is 1. The Bertz CT molecular complexity index is 781. The van der Waals surface area contributed by atoms with Gasteiger partial charge in [-0.2, -0.15) is 13.2 Å². The third-order valence-corrected chi connectivity index (χ3v) is 3.36. The van der Waals surface area contributed by atoms with E-state index in [1.165, 1.54) is 49.5 Å². The minimum Gasteiger partial charge on any atom is -0.494 e. The van der Waals surface area contributed by atoms with Gasteiger partial charge in [-0.1, -0.05) is 6.07 Å². The molecule has 0 radical (unpaired) electrons. The summed E-state index contributed by atoms with van der Waals surface area (Å²) in [6, 6.07) is 6.94. The number of rotatable bonds is 6. The zero-order valence-corrected chi connectivity index (χ0v) is 14.0. The van der Waals surface area contributed by atoms with Crippen molar-refractivity contribution >= 4 is 5.91 Å². The average Bonchev–Trinajstić information content (AvgIpc) is 2.59. The molecule has 5 nitrogen and oxygen atoms in total. The van der Waals surface area contributed by atoms with Crippen LogP contribution in [0.15, 0.2) is 36.5 Å². The second-order valence-corrected chi connectivity index (χ2v) is 5.39. The van der Waals surface area contributed by atoms with Crippen LogP contribution in [0.5, 0.6) is 11.6 Å². The quantitative estimate of drug-likeness (QED) is 0.729. The number of methoxy groups -OCH3 is 1. The van der Waals surface area contributed by atoms with Crippen LogP contribution >= 0.6 is 0 Å². The summed E-state index contributed by atoms with van der Waals surface area (Å²) in [6.45, 7) is -1.52. The molecule has 26 heavy (non-hydrogen) atoms. The topological polar surface area (TPSA) is 51.7 Å². The summed E-state index contributed by atoms with van der Waals surface area (Å²) in [7, 11) is 2.77. The molecule has 0 bridgehead atoms. The third kappa shape index (κ3) is 5.08. The van der Waals surface area contributed by atoms with Gasteiger partial charge in [-0.05, 0) is 29.8 Å². The lowest BCUT2D eigenvalue weighted by molar-refractivity contribution is -0.154. The van der Waals surface area contributed by atoms with Crippen molar-refractivity contribution in [3.63, 3.8) is 0 Å². The van der Waals surface area contributed by atoms with Crippen molar-refractivity contribution in [2.75, 3.05) is 20.8 Å². The molecule has 0 saturated heterocycles. The lowest BCUT2D eigenvalue weighted by Gasteiger charge is -2.19. The van der Waals surface area contributed by atoms with Gasteiger partial charge in [0.1, 0.15) is 5.56 Å². The molecule has 0 aliphatic heterocycles. The Morgan fingerprint density at radius 1 is 1.27 bits per heavy atom. The molecule has 1 aromatic carbocycles. The van der Waals surface area contributed by atoms with E-state index in [0.717, 1.165) is 0 Å². The van der Waals surface area contributed by atoms with E-state index in [1.54, 1.807) is 6.07 Å². The minimum atomic E-state index is -4.55. The molecular formula is C17H16F4N2O3. The van der Waals surface area contributed by atoms with Crippen LogP contribution in [-0.4, -0.2) is 42.7 Å². The number of amides is 1. The maximum Gasteiger partial charge on any atom is 0.422 e. The predicted molar refractivity (Wildman–Crippen MR) is 84.5 cm³/mol. The molecule has 1 heterocycles. The van der Waals surface area contributed by atoms with E-state index in [0.29, 0.717) is 5.56 Å². The van der Waals surface area contributed by atoms with Crippen molar-refractivity contribution < 1.29 is 31.8 Å². The summed E-state index contributed by atoms with van der Waals surface area (Å²) < 4.78 is 60.1. The normalized spacial score (nSPS) is 11.2. The average molecular weight is 372 g/mol. The first-order chi connectivity index (χ1) is 12.2. The number of carbonyl (C=O) groups is 1. The SMILES string of the molecule is COc1ccc(CN(C)C(=O)c2cccnc2OCC(F)(F)F)cc1F. The molecule has 2 aromatic rings. The van der Waals surface area contributed by atoms with Gasteiger partial charge in [-0.3, -0.25) is 4.79 Å². The van der Waals surface area contributed by atoms with Gasteiger partial charge >= 0.3 is 6.18 Å². The van der Waals surface area contributed by atoms with Gasteiger partial charge in [0.25, 0.3) is 5.91 Å². The molecule has 140 valence electrons. The summed E-state index contributed by atoms with van der Waals surface area (Å²) >= 11 is 0. The predicted octanol–water partition coefficient (Wildman–Crippen LogP) is 3.44. The minimum absolute atomic E-state index is 0.0351. The summed E-state index contributed by atoms with van der Waals surface area (Å²) in [5.41, 5.74) is 0.369. The molecule has 0 N–H and O–H groups in total. The van der Waals surface area contributed by atoms with Gasteiger partial charge in [0.05, 0.1) is 7.11 Å². The lowest BCUT2D eigenvalue weighted by Crippen LogP contribution is -2.28. The Balaban J connectivity index is 2.14. The standard InChI is InChI=1S/C17H16F4N2O3/c1-23(9-11-5-6-14(25-2)13(18)8-11)16(24)12-4-3-7-22-15(12)26-10-17(19,20)21/h3-8H,9-10H2,1-2H3. The fourth-order valence-electron chi connectivity index (χ4n) is 2.18. The second kappa shape index (κ2) is 8.03. The van der Waals surface area contributed by atoms with Crippen LogP contribution in [0.1, 0.15) is 15.9 Å². The fraction of sp³-hybridized carbons (Fsp3) is 0.294. The van der Waals surface area contributed by atoms with E-state index >= 15 is 0 Å². The largest absolute Gasteiger partial charge is 0.494 e. The van der Waals surface area contributed by atoms with E-state index < -0.39 is 30.4 Å². The summed E-state index contributed by atoms with van der Waals surface area (Å²) in [6.07, 6.45) is -3.33. The van der Waals surface area contributed by atoms with Crippen LogP contribution in [0, 0.1) is 5.82 Å². The molecule has 9 heteroatoms. The Labute approximate surface area is 147 Å². The second-order valence-electron chi connectivity index (χ2n) is 5.39. The third-order valence-electron chi connectivity index (χ3n) is 3.36. The molecule has 0 unspecified atom stereocenters. The molecule has 1 amide bonds. The van der Waals surface area contributed by atoms with Crippen LogP contribution in [0.25, 0.3) is 0 Å². The summed E-state index contributed by atoms with van der Waals surface area (Å²) in [4.78, 5) is 17.4. The summed E-state index contributed by atoms with van der Waals surface area (Å²) in [5, 5.41) is 0. The highest BCUT2D eigenvalue weighted by molar-refractivity contribution is 5.96. The molecule has 0 saturated carbocycles. The van der Waals surface area contributed by atoms with Crippen LogP contribution in [0.2, 0.25) is 0 Å². The molecule has 0 atom stereocenters. The molecular weight excluding hydrogens is 356 g/mol. The Morgan fingerprint density at radius 2 is 2.00 bits per heavy atom. The van der Waals surface area contributed by atoms with Gasteiger partial charge in [-0.25, -0.2) is 9.37 Å². The van der Waals surface area contributed by atoms with E-state index in [1.807, 2.05) is 0 Å². The summed E-state index contributed by atoms with van der Waals surface area (Å²) in [5.74, 6) is -1.53. The van der Waals surface area contributed by atoms with E-state index in [-0.39, 0.29) is 17.9 Å². The van der Waals surface area contributed by atoms with Crippen LogP contribution < -0.4 is 9.47 Å². The zero-order valence-electron chi connectivity index (χ0n) is 14.0. The Hall–Kier alpha value is -2.84. The van der Waals surface area contributed by atoms with Crippen LogP contribution in [0.4, 0.5) is 17.6 Å². The van der Waals surface area contributed by atoms with Crippen molar-refractivity contribution in [1.29, 1.82) is 0 Å². The van der Waals surface area contributed by atoms with Crippen molar-refractivity contribution in [3.8, 4) is 11.6 Å². The lowest BCUT2D eigenvalue weighted by atomic mass is 10.1. The number of ether oxygens (including phenoxy) is 2. The highest BCUT2D eigenvalue weighted by Gasteiger charge is 2.30. The maximum absolute atomic E-state index is 13.7. The Morgan fingerprint density at radius 3 is 2.62 bits per heavy atom. The van der Waals surface area contributed by atoms with Gasteiger partial charge in [0.2, 0.25) is 5.88 Å². The smallest absolute Gasteiger partial charge is 0.422 e. The van der Waals surface area contributed by atoms with Crippen molar-refractivity contribution in [3.05, 3.63) is 53.5 Å². The van der Waals surface area contributed by atoms with Gasteiger partial charge in [-0.15, -0.1) is 0 Å². The first kappa shape index (κ1) is 19.5. The van der Waals surface area contributed by atoms with Crippen molar-refractivity contribution in [1.82, 2.24) is 9.88 Å². The number of nitrogens with zero attached hydrogens (tertiary/aromatic N) is 2. The number of aromatic nitrogens is 1. The molecule has 0 spiro atoms. The van der Waals surface area contributed by atoms with E-state index in [9.17, 15) is 22.4 Å². The van der Waals surface area contributed by atoms with Gasteiger partial charge in [0, 0.05) is 19.8 Å². The number of halogens is 4. The van der Waals surface area contributed by atoms with Gasteiger partial charge in [0.15, 0.2) is 18.2 Å². The number of alkyl halides is 3. The molecule has 1 aromatic heterocycles. The van der Waals surface area contributed by atoms with Gasteiger partial charge < -0.3 is 14.4 Å². The molecule has 0 aliphatic carbocycles. The van der Waals surface area contributed by atoms with Crippen LogP contribution in [-0.2, 0) is 6.54 Å². The fourth-order valence-corrected chi connectivity index (χ4v) is 2.18. The molecule has 2 rings (SSSR count). The molecule has 0 fully saturated rings. The number of hydrogen-bond donors (Lipinski definition) is 0. The Kier molecular flexibility index (Phi) is 6.01. The van der Waals surface area contributed by atoms with Crippen molar-refractivity contribution in [2.24, 2.45) is 0 Å². The highest BCUT2D eigenvalue weighted by Crippen LogP contribution is 2.22. The van der Waals surface area contributed by atoms with E-state index in [2.05, 4.69) is 9.72 Å². The monoisotopic (exact) mass is 372 g/mol. The number of pyridine rings is 1. The first-order valence-corrected chi connectivity index (χ1v) is 7.43.